The van der Waals surface area contributed by atoms with Crippen molar-refractivity contribution in [3.05, 3.63) is 0 Å². The number of carboxylic acid groups (broad SMARTS) is 3. The molecule has 0 aromatic carbocycles. The molecule has 0 saturated carbocycles. The molecule has 10 heteroatoms. The smallest absolute Gasteiger partial charge is 0.306 e. The zero-order valence-corrected chi connectivity index (χ0v) is 28.3. The summed E-state index contributed by atoms with van der Waals surface area (Å²) in [4.78, 5) is 42.2. The van der Waals surface area contributed by atoms with Gasteiger partial charge in [-0.3, -0.25) is 19.2 Å². The third kappa shape index (κ3) is 35.9. The molecule has 0 amide bonds. The van der Waals surface area contributed by atoms with Crippen LogP contribution in [-0.4, -0.2) is 68.7 Å². The maximum atomic E-state index is 10.9. The third-order valence-electron chi connectivity index (χ3n) is 6.88. The zero-order valence-electron chi connectivity index (χ0n) is 28.3. The maximum Gasteiger partial charge on any atom is 0.306 e. The fraction of sp³-hybridized carbons (Fsp3) is 0.879. The first kappa shape index (κ1) is 47.7. The topological polar surface area (TPSA) is 179 Å². The number of esters is 1. The Balaban J connectivity index is -0.000000238. The van der Waals surface area contributed by atoms with E-state index in [0.717, 1.165) is 96.3 Å². The number of carbonyl (C=O) groups is 4. The van der Waals surface area contributed by atoms with Crippen LogP contribution < -0.4 is 0 Å². The lowest BCUT2D eigenvalue weighted by atomic mass is 10.00. The van der Waals surface area contributed by atoms with E-state index in [0.29, 0.717) is 6.42 Å². The van der Waals surface area contributed by atoms with Gasteiger partial charge in [-0.05, 0) is 44.9 Å². The molecule has 0 aromatic heterocycles. The lowest BCUT2D eigenvalue weighted by Gasteiger charge is -2.07. The average molecular weight is 623 g/mol. The van der Waals surface area contributed by atoms with Crippen molar-refractivity contribution >= 4 is 23.9 Å². The maximum absolute atomic E-state index is 10.9. The predicted octanol–water partition coefficient (Wildman–Crippen LogP) is 7.33. The number of hydrogen-bond acceptors (Lipinski definition) is 7. The molecule has 4 atom stereocenters. The van der Waals surface area contributed by atoms with E-state index in [1.54, 1.807) is 0 Å². The fourth-order valence-corrected chi connectivity index (χ4v) is 3.69. The van der Waals surface area contributed by atoms with E-state index in [2.05, 4.69) is 27.7 Å². The van der Waals surface area contributed by atoms with Crippen molar-refractivity contribution in [1.82, 2.24) is 0 Å². The van der Waals surface area contributed by atoms with Crippen molar-refractivity contribution < 1.29 is 49.4 Å². The lowest BCUT2D eigenvalue weighted by Crippen LogP contribution is -2.21. The van der Waals surface area contributed by atoms with Crippen molar-refractivity contribution in [2.45, 2.75) is 157 Å². The molecule has 5 N–H and O–H groups in total. The van der Waals surface area contributed by atoms with Crippen LogP contribution in [0.1, 0.15) is 151 Å². The zero-order chi connectivity index (χ0) is 34.1. The minimum atomic E-state index is -0.949. The van der Waals surface area contributed by atoms with E-state index in [1.807, 2.05) is 20.8 Å². The number of aliphatic hydroxyl groups excluding tert-OH is 2. The number of unbranched alkanes of at least 4 members (excludes halogenated alkanes) is 5. The van der Waals surface area contributed by atoms with Crippen LogP contribution in [0.4, 0.5) is 0 Å². The number of rotatable bonds is 22. The Morgan fingerprint density at radius 3 is 1.12 bits per heavy atom. The van der Waals surface area contributed by atoms with Crippen LogP contribution in [0.2, 0.25) is 0 Å². The standard InChI is InChI=1S/C9H18O4.3C8H16O2/c1-2-3-4-5-9(12)13-7-8(11)6-10;3*1-3-5-6-7(4-2)8(9)10/h8,10-11H,2-7H2,1H3;3*7H,3-6H2,1-2H3,(H,9,10). The van der Waals surface area contributed by atoms with Crippen molar-refractivity contribution in [1.29, 1.82) is 0 Å². The van der Waals surface area contributed by atoms with Crippen LogP contribution in [0.5, 0.6) is 0 Å². The van der Waals surface area contributed by atoms with E-state index >= 15 is 0 Å². The molecular formula is C33H66O10. The molecular weight excluding hydrogens is 556 g/mol. The fourth-order valence-electron chi connectivity index (χ4n) is 3.69. The summed E-state index contributed by atoms with van der Waals surface area (Å²) >= 11 is 0. The summed E-state index contributed by atoms with van der Waals surface area (Å²) in [6.45, 7) is 13.6. The second-order valence-electron chi connectivity index (χ2n) is 10.7. The SMILES string of the molecule is CCCCC(CC)C(=O)O.CCCCC(CC)C(=O)O.CCCCC(CC)C(=O)O.CCCCCC(=O)OCC(O)CO. The van der Waals surface area contributed by atoms with Gasteiger partial charge in [-0.15, -0.1) is 0 Å². The summed E-state index contributed by atoms with van der Waals surface area (Å²) in [6, 6.07) is 0. The Morgan fingerprint density at radius 1 is 0.558 bits per heavy atom. The number of aliphatic carboxylic acids is 3. The molecule has 43 heavy (non-hydrogen) atoms. The Labute approximate surface area is 261 Å². The Kier molecular flexibility index (Phi) is 39.9. The van der Waals surface area contributed by atoms with Crippen molar-refractivity contribution in [3.63, 3.8) is 0 Å². The van der Waals surface area contributed by atoms with Crippen LogP contribution in [0.15, 0.2) is 0 Å². The van der Waals surface area contributed by atoms with Gasteiger partial charge in [0.1, 0.15) is 12.7 Å². The van der Waals surface area contributed by atoms with Gasteiger partial charge in [0.05, 0.1) is 24.4 Å². The Hall–Kier alpha value is -2.20. The lowest BCUT2D eigenvalue weighted by molar-refractivity contribution is -0.147. The number of carboxylic acids is 3. The van der Waals surface area contributed by atoms with Crippen molar-refractivity contribution in [2.24, 2.45) is 17.8 Å². The summed E-state index contributed by atoms with van der Waals surface area (Å²) in [6.07, 6.45) is 13.5. The Morgan fingerprint density at radius 2 is 0.884 bits per heavy atom. The van der Waals surface area contributed by atoms with E-state index < -0.39 is 24.0 Å². The predicted molar refractivity (Wildman–Crippen MR) is 171 cm³/mol. The van der Waals surface area contributed by atoms with Crippen LogP contribution >= 0.6 is 0 Å². The van der Waals surface area contributed by atoms with Crippen LogP contribution in [0.25, 0.3) is 0 Å². The average Bonchev–Trinajstić information content (AvgIpc) is 2.97. The van der Waals surface area contributed by atoms with Gasteiger partial charge in [-0.25, -0.2) is 0 Å². The first-order valence-electron chi connectivity index (χ1n) is 16.5. The second-order valence-corrected chi connectivity index (χ2v) is 10.7. The van der Waals surface area contributed by atoms with Gasteiger partial charge in [-0.1, -0.05) is 99.8 Å². The van der Waals surface area contributed by atoms with Crippen molar-refractivity contribution in [2.75, 3.05) is 13.2 Å². The van der Waals surface area contributed by atoms with E-state index in [4.69, 9.17) is 30.3 Å². The van der Waals surface area contributed by atoms with Crippen LogP contribution in [-0.2, 0) is 23.9 Å². The summed E-state index contributed by atoms with van der Waals surface area (Å²) in [7, 11) is 0. The van der Waals surface area contributed by atoms with Gasteiger partial charge in [-0.2, -0.15) is 0 Å². The third-order valence-corrected chi connectivity index (χ3v) is 6.88. The van der Waals surface area contributed by atoms with E-state index in [-0.39, 0.29) is 36.9 Å². The molecule has 0 radical (unpaired) electrons. The first-order chi connectivity index (χ1) is 20.4. The van der Waals surface area contributed by atoms with Gasteiger partial charge in [0, 0.05) is 6.42 Å². The Bertz CT molecular complexity index is 592. The number of carbonyl (C=O) groups excluding carboxylic acids is 1. The molecule has 0 bridgehead atoms. The number of ether oxygens (including phenoxy) is 1. The summed E-state index contributed by atoms with van der Waals surface area (Å²) in [5.41, 5.74) is 0. The van der Waals surface area contributed by atoms with Gasteiger partial charge < -0.3 is 30.3 Å². The van der Waals surface area contributed by atoms with Gasteiger partial charge in [0.15, 0.2) is 0 Å². The summed E-state index contributed by atoms with van der Waals surface area (Å²) < 4.78 is 4.69. The highest BCUT2D eigenvalue weighted by Crippen LogP contribution is 2.13. The van der Waals surface area contributed by atoms with Crippen LogP contribution in [0.3, 0.4) is 0 Å². The van der Waals surface area contributed by atoms with Crippen LogP contribution in [0, 0.1) is 17.8 Å². The number of hydrogen-bond donors (Lipinski definition) is 5. The second kappa shape index (κ2) is 36.0. The highest BCUT2D eigenvalue weighted by atomic mass is 16.5. The molecule has 0 aliphatic heterocycles. The minimum Gasteiger partial charge on any atom is -0.481 e. The minimum absolute atomic E-state index is 0.110. The van der Waals surface area contributed by atoms with E-state index in [1.165, 1.54) is 0 Å². The molecule has 10 nitrogen and oxygen atoms in total. The monoisotopic (exact) mass is 622 g/mol. The summed E-state index contributed by atoms with van der Waals surface area (Å²) in [5, 5.41) is 43.1. The first-order valence-corrected chi connectivity index (χ1v) is 16.5. The molecule has 0 fully saturated rings. The highest BCUT2D eigenvalue weighted by Gasteiger charge is 2.14. The molecule has 0 heterocycles. The molecule has 0 aliphatic rings. The largest absolute Gasteiger partial charge is 0.481 e. The molecule has 4 unspecified atom stereocenters. The molecule has 0 aromatic rings. The van der Waals surface area contributed by atoms with Crippen molar-refractivity contribution in [3.8, 4) is 0 Å². The van der Waals surface area contributed by atoms with Gasteiger partial charge in [0.2, 0.25) is 0 Å². The quantitative estimate of drug-likeness (QED) is 0.0606. The highest BCUT2D eigenvalue weighted by molar-refractivity contribution is 5.70. The number of aliphatic hydroxyl groups is 2. The molecule has 0 spiro atoms. The molecule has 258 valence electrons. The van der Waals surface area contributed by atoms with Gasteiger partial charge >= 0.3 is 23.9 Å². The molecule has 0 rings (SSSR count). The summed E-state index contributed by atoms with van der Waals surface area (Å²) in [5.74, 6) is -2.57. The normalized spacial score (nSPS) is 12.9. The van der Waals surface area contributed by atoms with E-state index in [9.17, 15) is 19.2 Å². The molecule has 0 aliphatic carbocycles. The van der Waals surface area contributed by atoms with Gasteiger partial charge in [0.25, 0.3) is 0 Å². The molecule has 0 saturated heterocycles.